The van der Waals surface area contributed by atoms with Gasteiger partial charge in [-0.15, -0.1) is 0 Å². The molecule has 0 aromatic rings. The van der Waals surface area contributed by atoms with Gasteiger partial charge in [0.2, 0.25) is 5.79 Å². The van der Waals surface area contributed by atoms with Crippen LogP contribution in [0.4, 0.5) is 13.2 Å². The van der Waals surface area contributed by atoms with Gasteiger partial charge in [-0.2, -0.15) is 13.2 Å². The molecule has 0 aromatic heterocycles. The summed E-state index contributed by atoms with van der Waals surface area (Å²) in [5, 5.41) is 0. The van der Waals surface area contributed by atoms with Gasteiger partial charge in [0, 0.05) is 12.8 Å². The number of esters is 1. The summed E-state index contributed by atoms with van der Waals surface area (Å²) in [6.07, 6.45) is -3.22. The molecule has 3 nitrogen and oxygen atoms in total. The third kappa shape index (κ3) is 2.55. The Balaban J connectivity index is 2.71. The lowest BCUT2D eigenvalue weighted by Gasteiger charge is -2.40. The van der Waals surface area contributed by atoms with Crippen LogP contribution in [0.5, 0.6) is 0 Å². The Bertz CT molecular complexity index is 297. The molecule has 0 saturated carbocycles. The van der Waals surface area contributed by atoms with Gasteiger partial charge in [-0.25, -0.2) is 4.79 Å². The summed E-state index contributed by atoms with van der Waals surface area (Å²) < 4.78 is 46.8. The standard InChI is InChI=1S/C10H13F3O3/c1-3-7(10(11,12)13)8(14)16-9(4-2)5-6-15-9/h3H,4-6H2,1-2H3. The third-order valence-electron chi connectivity index (χ3n) is 2.48. The van der Waals surface area contributed by atoms with Gasteiger partial charge < -0.3 is 9.47 Å². The van der Waals surface area contributed by atoms with Crippen LogP contribution in [0.15, 0.2) is 11.6 Å². The Labute approximate surface area is 91.2 Å². The molecule has 1 atom stereocenters. The van der Waals surface area contributed by atoms with Crippen LogP contribution in [-0.4, -0.2) is 24.5 Å². The highest BCUT2D eigenvalue weighted by Crippen LogP contribution is 2.34. The number of ether oxygens (including phenoxy) is 2. The zero-order valence-electron chi connectivity index (χ0n) is 9.06. The lowest BCUT2D eigenvalue weighted by atomic mass is 10.1. The van der Waals surface area contributed by atoms with Crippen LogP contribution < -0.4 is 0 Å². The van der Waals surface area contributed by atoms with E-state index in [0.717, 1.165) is 6.92 Å². The van der Waals surface area contributed by atoms with Crippen molar-refractivity contribution < 1.29 is 27.4 Å². The maximum atomic E-state index is 12.4. The van der Waals surface area contributed by atoms with Crippen molar-refractivity contribution in [3.05, 3.63) is 11.6 Å². The van der Waals surface area contributed by atoms with Crippen molar-refractivity contribution in [2.24, 2.45) is 0 Å². The number of hydrogen-bond acceptors (Lipinski definition) is 3. The second-order valence-corrected chi connectivity index (χ2v) is 3.45. The Morgan fingerprint density at radius 1 is 1.56 bits per heavy atom. The van der Waals surface area contributed by atoms with E-state index in [2.05, 4.69) is 0 Å². The monoisotopic (exact) mass is 238 g/mol. The molecule has 0 aliphatic carbocycles. The normalized spacial score (nSPS) is 26.2. The molecule has 0 bridgehead atoms. The van der Waals surface area contributed by atoms with Gasteiger partial charge in [-0.1, -0.05) is 13.0 Å². The fourth-order valence-corrected chi connectivity index (χ4v) is 1.38. The Kier molecular flexibility index (Phi) is 3.62. The molecular weight excluding hydrogens is 225 g/mol. The maximum Gasteiger partial charge on any atom is 0.423 e. The molecule has 1 saturated heterocycles. The summed E-state index contributed by atoms with van der Waals surface area (Å²) in [4.78, 5) is 11.3. The predicted octanol–water partition coefficient (Wildman–Crippen LogP) is 2.56. The highest BCUT2D eigenvalue weighted by molar-refractivity contribution is 5.90. The third-order valence-corrected chi connectivity index (χ3v) is 2.48. The summed E-state index contributed by atoms with van der Waals surface area (Å²) in [5.41, 5.74) is -1.30. The van der Waals surface area contributed by atoms with Crippen molar-refractivity contribution in [1.82, 2.24) is 0 Å². The molecular formula is C10H13F3O3. The van der Waals surface area contributed by atoms with Crippen LogP contribution in [0.25, 0.3) is 0 Å². The minimum atomic E-state index is -4.69. The molecule has 1 heterocycles. The van der Waals surface area contributed by atoms with Crippen molar-refractivity contribution in [3.8, 4) is 0 Å². The van der Waals surface area contributed by atoms with Crippen LogP contribution in [0.1, 0.15) is 26.7 Å². The topological polar surface area (TPSA) is 35.5 Å². The van der Waals surface area contributed by atoms with Gasteiger partial charge in [-0.05, 0) is 6.92 Å². The van der Waals surface area contributed by atoms with Gasteiger partial charge in [0.05, 0.1) is 6.61 Å². The summed E-state index contributed by atoms with van der Waals surface area (Å²) >= 11 is 0. The first kappa shape index (κ1) is 13.0. The molecule has 0 N–H and O–H groups in total. The zero-order valence-corrected chi connectivity index (χ0v) is 9.06. The van der Waals surface area contributed by atoms with Crippen LogP contribution in [0.2, 0.25) is 0 Å². The highest BCUT2D eigenvalue weighted by Gasteiger charge is 2.46. The van der Waals surface area contributed by atoms with Crippen LogP contribution in [0, 0.1) is 0 Å². The van der Waals surface area contributed by atoms with E-state index < -0.39 is 23.5 Å². The highest BCUT2D eigenvalue weighted by atomic mass is 19.4. The number of alkyl halides is 3. The average molecular weight is 238 g/mol. The smallest absolute Gasteiger partial charge is 0.423 e. The second-order valence-electron chi connectivity index (χ2n) is 3.45. The average Bonchev–Trinajstić information content (AvgIpc) is 2.10. The zero-order chi connectivity index (χ0) is 12.4. The number of rotatable bonds is 3. The molecule has 0 amide bonds. The van der Waals surface area contributed by atoms with Crippen molar-refractivity contribution in [3.63, 3.8) is 0 Å². The van der Waals surface area contributed by atoms with Crippen LogP contribution >= 0.6 is 0 Å². The van der Waals surface area contributed by atoms with E-state index in [9.17, 15) is 18.0 Å². The summed E-state index contributed by atoms with van der Waals surface area (Å²) in [7, 11) is 0. The largest absolute Gasteiger partial charge is 0.429 e. The molecule has 6 heteroatoms. The SMILES string of the molecule is CC=C(C(=O)OC1(CC)CCO1)C(F)(F)F. The van der Waals surface area contributed by atoms with Gasteiger partial charge in [0.1, 0.15) is 5.57 Å². The Morgan fingerprint density at radius 3 is 2.38 bits per heavy atom. The van der Waals surface area contributed by atoms with Crippen LogP contribution in [-0.2, 0) is 14.3 Å². The molecule has 1 aliphatic rings. The minimum absolute atomic E-state index is 0.341. The van der Waals surface area contributed by atoms with E-state index in [0.29, 0.717) is 25.5 Å². The number of allylic oxidation sites excluding steroid dienone is 1. The molecule has 1 aliphatic heterocycles. The molecule has 0 aromatic carbocycles. The molecule has 1 rings (SSSR count). The number of carbonyl (C=O) groups excluding carboxylic acids is 1. The first-order valence-corrected chi connectivity index (χ1v) is 4.95. The van der Waals surface area contributed by atoms with Gasteiger partial charge in [-0.3, -0.25) is 0 Å². The first-order chi connectivity index (χ1) is 7.34. The van der Waals surface area contributed by atoms with Gasteiger partial charge in [0.25, 0.3) is 0 Å². The Hall–Kier alpha value is -1.04. The fourth-order valence-electron chi connectivity index (χ4n) is 1.38. The quantitative estimate of drug-likeness (QED) is 0.560. The van der Waals surface area contributed by atoms with Gasteiger partial charge in [0.15, 0.2) is 0 Å². The van der Waals surface area contributed by atoms with Crippen molar-refractivity contribution in [2.75, 3.05) is 6.61 Å². The molecule has 16 heavy (non-hydrogen) atoms. The molecule has 0 spiro atoms. The lowest BCUT2D eigenvalue weighted by Crippen LogP contribution is -2.48. The van der Waals surface area contributed by atoms with E-state index in [1.54, 1.807) is 6.92 Å². The van der Waals surface area contributed by atoms with E-state index in [1.807, 2.05) is 0 Å². The molecule has 1 fully saturated rings. The van der Waals surface area contributed by atoms with Crippen molar-refractivity contribution in [2.45, 2.75) is 38.7 Å². The van der Waals surface area contributed by atoms with Crippen molar-refractivity contribution >= 4 is 5.97 Å². The number of carbonyl (C=O) groups is 1. The number of halogens is 3. The molecule has 1 unspecified atom stereocenters. The molecule has 0 radical (unpaired) electrons. The van der Waals surface area contributed by atoms with Crippen molar-refractivity contribution in [1.29, 1.82) is 0 Å². The van der Waals surface area contributed by atoms with E-state index in [-0.39, 0.29) is 0 Å². The lowest BCUT2D eigenvalue weighted by molar-refractivity contribution is -0.292. The minimum Gasteiger partial charge on any atom is -0.429 e. The van der Waals surface area contributed by atoms with E-state index in [4.69, 9.17) is 9.47 Å². The predicted molar refractivity (Wildman–Crippen MR) is 49.5 cm³/mol. The molecule has 92 valence electrons. The van der Waals surface area contributed by atoms with E-state index >= 15 is 0 Å². The number of hydrogen-bond donors (Lipinski definition) is 0. The summed E-state index contributed by atoms with van der Waals surface area (Å²) in [5.74, 6) is -2.53. The fraction of sp³-hybridized carbons (Fsp3) is 0.700. The Morgan fingerprint density at radius 2 is 2.12 bits per heavy atom. The second kappa shape index (κ2) is 4.45. The first-order valence-electron chi connectivity index (χ1n) is 4.95. The summed E-state index contributed by atoms with van der Waals surface area (Å²) in [6, 6.07) is 0. The van der Waals surface area contributed by atoms with E-state index in [1.165, 1.54) is 0 Å². The van der Waals surface area contributed by atoms with Gasteiger partial charge >= 0.3 is 12.1 Å². The maximum absolute atomic E-state index is 12.4. The summed E-state index contributed by atoms with van der Waals surface area (Å²) in [6.45, 7) is 3.23. The van der Waals surface area contributed by atoms with Crippen LogP contribution in [0.3, 0.4) is 0 Å².